The van der Waals surface area contributed by atoms with Crippen LogP contribution in [0.2, 0.25) is 0 Å². The van der Waals surface area contributed by atoms with Crippen LogP contribution in [0.15, 0.2) is 0 Å². The van der Waals surface area contributed by atoms with Crippen LogP contribution in [0.3, 0.4) is 0 Å². The molecule has 0 unspecified atom stereocenters. The Kier molecular flexibility index (Phi) is 2.01. The lowest BCUT2D eigenvalue weighted by Crippen LogP contribution is -2.55. The second-order valence-corrected chi connectivity index (χ2v) is 3.08. The molecule has 1 fully saturated rings. The van der Waals surface area contributed by atoms with Crippen molar-refractivity contribution in [3.05, 3.63) is 10.1 Å². The Balaban J connectivity index is 2.58. The number of aliphatic hydroxyl groups excluding tert-OH is 1. The fourth-order valence-corrected chi connectivity index (χ4v) is 1.37. The lowest BCUT2D eigenvalue weighted by atomic mass is 9.69. The topological polar surface area (TPSA) is 101 Å². The fourth-order valence-electron chi connectivity index (χ4n) is 1.37. The summed E-state index contributed by atoms with van der Waals surface area (Å²) in [5.41, 5.74) is -1.39. The molecule has 1 rings (SSSR count). The van der Waals surface area contributed by atoms with E-state index in [1.807, 2.05) is 0 Å². The van der Waals surface area contributed by atoms with Crippen LogP contribution in [-0.4, -0.2) is 33.3 Å². The molecule has 68 valence electrons. The largest absolute Gasteiger partial charge is 0.481 e. The predicted molar refractivity (Wildman–Crippen MR) is 37.2 cm³/mol. The smallest absolute Gasteiger partial charge is 0.307 e. The second-order valence-electron chi connectivity index (χ2n) is 3.08. The minimum Gasteiger partial charge on any atom is -0.481 e. The Hall–Kier alpha value is -1.17. The van der Waals surface area contributed by atoms with E-state index in [4.69, 9.17) is 10.2 Å². The Labute approximate surface area is 68.0 Å². The van der Waals surface area contributed by atoms with Crippen molar-refractivity contribution < 1.29 is 19.9 Å². The van der Waals surface area contributed by atoms with Gasteiger partial charge in [0.2, 0.25) is 5.54 Å². The van der Waals surface area contributed by atoms with Crippen molar-refractivity contribution in [2.75, 3.05) is 6.61 Å². The van der Waals surface area contributed by atoms with Crippen molar-refractivity contribution in [3.63, 3.8) is 0 Å². The van der Waals surface area contributed by atoms with Crippen molar-refractivity contribution in [2.24, 2.45) is 5.92 Å². The van der Waals surface area contributed by atoms with Crippen LogP contribution < -0.4 is 0 Å². The van der Waals surface area contributed by atoms with Crippen molar-refractivity contribution >= 4 is 5.97 Å². The molecule has 0 amide bonds. The summed E-state index contributed by atoms with van der Waals surface area (Å²) in [4.78, 5) is 20.1. The zero-order valence-corrected chi connectivity index (χ0v) is 6.27. The molecule has 0 aromatic heterocycles. The number of nitro groups is 1. The maximum atomic E-state index is 10.4. The first-order chi connectivity index (χ1) is 5.52. The van der Waals surface area contributed by atoms with E-state index in [1.165, 1.54) is 0 Å². The SMILES string of the molecule is O=C(O)[C@H]1C[C@](CO)([N+](=O)[O-])C1. The quantitative estimate of drug-likeness (QED) is 0.444. The number of carbonyl (C=O) groups is 1. The number of carboxylic acids is 1. The van der Waals surface area contributed by atoms with Crippen LogP contribution in [0.1, 0.15) is 12.8 Å². The van der Waals surface area contributed by atoms with Crippen molar-refractivity contribution in [1.29, 1.82) is 0 Å². The summed E-state index contributed by atoms with van der Waals surface area (Å²) in [5.74, 6) is -1.69. The summed E-state index contributed by atoms with van der Waals surface area (Å²) in [5, 5.41) is 27.5. The first-order valence-corrected chi connectivity index (χ1v) is 3.50. The molecule has 1 aliphatic rings. The molecule has 0 radical (unpaired) electrons. The summed E-state index contributed by atoms with van der Waals surface area (Å²) in [6, 6.07) is 0. The Morgan fingerprint density at radius 2 is 2.17 bits per heavy atom. The van der Waals surface area contributed by atoms with Gasteiger partial charge in [-0.1, -0.05) is 0 Å². The molecule has 0 heterocycles. The highest BCUT2D eigenvalue weighted by molar-refractivity contribution is 5.71. The molecule has 0 aliphatic heterocycles. The van der Waals surface area contributed by atoms with Gasteiger partial charge >= 0.3 is 5.97 Å². The number of aliphatic carboxylic acids is 1. The molecule has 6 heteroatoms. The molecular weight excluding hydrogens is 166 g/mol. The van der Waals surface area contributed by atoms with E-state index in [0.717, 1.165) is 0 Å². The molecule has 2 N–H and O–H groups in total. The molecule has 1 saturated carbocycles. The van der Waals surface area contributed by atoms with E-state index >= 15 is 0 Å². The molecule has 0 aromatic rings. The van der Waals surface area contributed by atoms with E-state index in [2.05, 4.69) is 0 Å². The highest BCUT2D eigenvalue weighted by Crippen LogP contribution is 2.39. The number of rotatable bonds is 3. The third-order valence-corrected chi connectivity index (χ3v) is 2.28. The fraction of sp³-hybridized carbons (Fsp3) is 0.833. The second kappa shape index (κ2) is 2.71. The molecule has 1 aliphatic carbocycles. The lowest BCUT2D eigenvalue weighted by Gasteiger charge is -2.36. The molecule has 0 spiro atoms. The number of carboxylic acid groups (broad SMARTS) is 1. The van der Waals surface area contributed by atoms with Gasteiger partial charge in [-0.3, -0.25) is 14.9 Å². The van der Waals surface area contributed by atoms with E-state index < -0.39 is 29.0 Å². The molecule has 0 atom stereocenters. The van der Waals surface area contributed by atoms with Gasteiger partial charge in [0.15, 0.2) is 0 Å². The summed E-state index contributed by atoms with van der Waals surface area (Å²) in [6.07, 6.45) is -0.127. The zero-order valence-electron chi connectivity index (χ0n) is 6.27. The van der Waals surface area contributed by atoms with Crippen LogP contribution in [0.25, 0.3) is 0 Å². The molecular formula is C6H9NO5. The number of hydrogen-bond donors (Lipinski definition) is 2. The Bertz CT molecular complexity index is 220. The van der Waals surface area contributed by atoms with Gasteiger partial charge in [-0.05, 0) is 0 Å². The van der Waals surface area contributed by atoms with Gasteiger partial charge in [0.1, 0.15) is 6.61 Å². The highest BCUT2D eigenvalue weighted by atomic mass is 16.6. The maximum Gasteiger partial charge on any atom is 0.307 e. The molecule has 12 heavy (non-hydrogen) atoms. The van der Waals surface area contributed by atoms with Crippen LogP contribution in [0, 0.1) is 16.0 Å². The minimum absolute atomic E-state index is 0.0637. The van der Waals surface area contributed by atoms with Gasteiger partial charge in [0, 0.05) is 17.8 Å². The standard InChI is InChI=1S/C6H9NO5/c8-3-6(7(11)12)1-4(2-6)5(9)10/h4,8H,1-3H2,(H,9,10)/t4-,6-. The van der Waals surface area contributed by atoms with Gasteiger partial charge < -0.3 is 10.2 Å². The summed E-state index contributed by atoms with van der Waals surface area (Å²) < 4.78 is 0. The maximum absolute atomic E-state index is 10.4. The van der Waals surface area contributed by atoms with E-state index in [9.17, 15) is 14.9 Å². The summed E-state index contributed by atoms with van der Waals surface area (Å²) >= 11 is 0. The minimum atomic E-state index is -1.39. The summed E-state index contributed by atoms with van der Waals surface area (Å²) in [7, 11) is 0. The molecule has 0 bridgehead atoms. The average Bonchev–Trinajstić information content (AvgIpc) is 1.84. The first kappa shape index (κ1) is 8.92. The number of aliphatic hydroxyl groups is 1. The third kappa shape index (κ3) is 1.14. The Morgan fingerprint density at radius 3 is 2.42 bits per heavy atom. The van der Waals surface area contributed by atoms with Crippen molar-refractivity contribution in [2.45, 2.75) is 18.4 Å². The Morgan fingerprint density at radius 1 is 1.67 bits per heavy atom. The van der Waals surface area contributed by atoms with E-state index in [-0.39, 0.29) is 12.8 Å². The van der Waals surface area contributed by atoms with Gasteiger partial charge in [-0.25, -0.2) is 0 Å². The predicted octanol–water partition coefficient (Wildman–Crippen LogP) is -0.511. The average molecular weight is 175 g/mol. The van der Waals surface area contributed by atoms with Crippen LogP contribution in [-0.2, 0) is 4.79 Å². The van der Waals surface area contributed by atoms with E-state index in [1.54, 1.807) is 0 Å². The van der Waals surface area contributed by atoms with Gasteiger partial charge in [-0.15, -0.1) is 0 Å². The molecule has 6 nitrogen and oxygen atoms in total. The number of hydrogen-bond acceptors (Lipinski definition) is 4. The molecule has 0 aromatic carbocycles. The van der Waals surface area contributed by atoms with Gasteiger partial charge in [0.25, 0.3) is 0 Å². The molecule has 0 saturated heterocycles. The van der Waals surface area contributed by atoms with Crippen LogP contribution in [0.4, 0.5) is 0 Å². The van der Waals surface area contributed by atoms with Crippen molar-refractivity contribution in [1.82, 2.24) is 0 Å². The van der Waals surface area contributed by atoms with Gasteiger partial charge in [-0.2, -0.15) is 0 Å². The number of nitrogens with zero attached hydrogens (tertiary/aromatic N) is 1. The van der Waals surface area contributed by atoms with Crippen molar-refractivity contribution in [3.8, 4) is 0 Å². The third-order valence-electron chi connectivity index (χ3n) is 2.28. The van der Waals surface area contributed by atoms with Gasteiger partial charge in [0.05, 0.1) is 5.92 Å². The highest BCUT2D eigenvalue weighted by Gasteiger charge is 2.57. The van der Waals surface area contributed by atoms with Crippen LogP contribution >= 0.6 is 0 Å². The first-order valence-electron chi connectivity index (χ1n) is 3.50. The zero-order chi connectivity index (χ0) is 9.35. The van der Waals surface area contributed by atoms with Crippen LogP contribution in [0.5, 0.6) is 0 Å². The normalized spacial score (nSPS) is 33.9. The summed E-state index contributed by atoms with van der Waals surface area (Å²) in [6.45, 7) is -0.580. The van der Waals surface area contributed by atoms with E-state index in [0.29, 0.717) is 0 Å². The monoisotopic (exact) mass is 175 g/mol. The lowest BCUT2D eigenvalue weighted by molar-refractivity contribution is -0.593.